The van der Waals surface area contributed by atoms with Crippen LogP contribution in [0.1, 0.15) is 39.9 Å². The maximum atomic E-state index is 13.7. The minimum atomic E-state index is -3.53. The number of amides is 1. The molecule has 0 aliphatic carbocycles. The van der Waals surface area contributed by atoms with Gasteiger partial charge in [-0.25, -0.2) is 13.4 Å². The van der Waals surface area contributed by atoms with E-state index in [1.807, 2.05) is 50.2 Å². The van der Waals surface area contributed by atoms with Gasteiger partial charge in [0.25, 0.3) is 5.91 Å². The zero-order valence-corrected chi connectivity index (χ0v) is 21.4. The second-order valence-electron chi connectivity index (χ2n) is 8.89. The lowest BCUT2D eigenvalue weighted by Crippen LogP contribution is -2.30. The molecule has 180 valence electrons. The number of benzene rings is 3. The molecule has 35 heavy (non-hydrogen) atoms. The van der Waals surface area contributed by atoms with Crippen molar-refractivity contribution in [3.63, 3.8) is 0 Å². The lowest BCUT2D eigenvalue weighted by Gasteiger charge is -2.21. The number of sulfonamides is 1. The van der Waals surface area contributed by atoms with Crippen LogP contribution in [0.4, 0.5) is 5.13 Å². The third-order valence-corrected chi connectivity index (χ3v) is 9.52. The highest BCUT2D eigenvalue weighted by atomic mass is 32.2. The van der Waals surface area contributed by atoms with Crippen LogP contribution in [0.2, 0.25) is 0 Å². The van der Waals surface area contributed by atoms with Crippen LogP contribution in [0.3, 0.4) is 0 Å². The standard InChI is InChI=1S/C27H27N3O3S2/c1-19-10-11-20(2)25-24(19)28-27(34-25)30(18-21-8-4-3-5-9-21)26(31)22-12-14-23(15-13-22)35(32,33)29-16-6-7-17-29/h3-5,8-15H,6-7,16-18H2,1-2H3. The van der Waals surface area contributed by atoms with Crippen molar-refractivity contribution in [1.82, 2.24) is 9.29 Å². The molecule has 5 rings (SSSR count). The fraction of sp³-hybridized carbons (Fsp3) is 0.259. The van der Waals surface area contributed by atoms with Gasteiger partial charge in [0.15, 0.2) is 5.13 Å². The Labute approximate surface area is 209 Å². The first-order valence-electron chi connectivity index (χ1n) is 11.7. The number of fused-ring (bicyclic) bond motifs is 1. The molecule has 1 aliphatic rings. The van der Waals surface area contributed by atoms with Gasteiger partial charge in [-0.15, -0.1) is 0 Å². The van der Waals surface area contributed by atoms with Crippen LogP contribution in [0.15, 0.2) is 71.6 Å². The molecule has 1 aliphatic heterocycles. The van der Waals surface area contributed by atoms with Crippen molar-refractivity contribution in [2.45, 2.75) is 38.1 Å². The zero-order chi connectivity index (χ0) is 24.6. The molecule has 8 heteroatoms. The number of aromatic nitrogens is 1. The Kier molecular flexibility index (Phi) is 6.44. The molecular formula is C27H27N3O3S2. The molecule has 0 unspecified atom stereocenters. The molecular weight excluding hydrogens is 478 g/mol. The van der Waals surface area contributed by atoms with Gasteiger partial charge in [0.05, 0.1) is 21.7 Å². The zero-order valence-electron chi connectivity index (χ0n) is 19.8. The summed E-state index contributed by atoms with van der Waals surface area (Å²) in [5, 5.41) is 0.625. The van der Waals surface area contributed by atoms with E-state index in [1.54, 1.807) is 17.0 Å². The van der Waals surface area contributed by atoms with E-state index in [4.69, 9.17) is 4.98 Å². The van der Waals surface area contributed by atoms with Crippen LogP contribution >= 0.6 is 11.3 Å². The predicted octanol–water partition coefficient (Wildman–Crippen LogP) is 5.54. The Morgan fingerprint density at radius 1 is 0.943 bits per heavy atom. The lowest BCUT2D eigenvalue weighted by molar-refractivity contribution is 0.0985. The number of aryl methyl sites for hydroxylation is 2. The second kappa shape index (κ2) is 9.53. The van der Waals surface area contributed by atoms with Crippen LogP contribution in [0.5, 0.6) is 0 Å². The number of thiazole rings is 1. The van der Waals surface area contributed by atoms with Crippen LogP contribution < -0.4 is 4.90 Å². The summed E-state index contributed by atoms with van der Waals surface area (Å²) in [5.41, 5.74) is 4.51. The van der Waals surface area contributed by atoms with Crippen molar-refractivity contribution in [3.05, 3.63) is 89.0 Å². The maximum Gasteiger partial charge on any atom is 0.260 e. The van der Waals surface area contributed by atoms with Crippen LogP contribution in [0, 0.1) is 13.8 Å². The van der Waals surface area contributed by atoms with Gasteiger partial charge in [-0.1, -0.05) is 53.8 Å². The van der Waals surface area contributed by atoms with Gasteiger partial charge in [0.1, 0.15) is 0 Å². The molecule has 0 saturated carbocycles. The van der Waals surface area contributed by atoms with Gasteiger partial charge >= 0.3 is 0 Å². The molecule has 0 radical (unpaired) electrons. The van der Waals surface area contributed by atoms with Crippen molar-refractivity contribution >= 4 is 42.6 Å². The number of hydrogen-bond donors (Lipinski definition) is 0. The largest absolute Gasteiger partial charge is 0.279 e. The van der Waals surface area contributed by atoms with Gasteiger partial charge < -0.3 is 0 Å². The van der Waals surface area contributed by atoms with E-state index in [-0.39, 0.29) is 10.8 Å². The average Bonchev–Trinajstić information content (AvgIpc) is 3.57. The minimum absolute atomic E-state index is 0.215. The summed E-state index contributed by atoms with van der Waals surface area (Å²) in [6.45, 7) is 5.53. The molecule has 3 aromatic carbocycles. The Morgan fingerprint density at radius 2 is 1.60 bits per heavy atom. The van der Waals surface area contributed by atoms with E-state index in [2.05, 4.69) is 6.07 Å². The van der Waals surface area contributed by atoms with Crippen molar-refractivity contribution < 1.29 is 13.2 Å². The number of anilines is 1. The van der Waals surface area contributed by atoms with Gasteiger partial charge in [-0.3, -0.25) is 9.69 Å². The van der Waals surface area contributed by atoms with E-state index in [1.165, 1.54) is 27.8 Å². The quantitative estimate of drug-likeness (QED) is 0.345. The van der Waals surface area contributed by atoms with Crippen LogP contribution in [-0.4, -0.2) is 36.7 Å². The van der Waals surface area contributed by atoms with Gasteiger partial charge in [0, 0.05) is 18.7 Å². The van der Waals surface area contributed by atoms with E-state index >= 15 is 0 Å². The molecule has 0 bridgehead atoms. The molecule has 0 N–H and O–H groups in total. The first-order chi connectivity index (χ1) is 16.8. The second-order valence-corrected chi connectivity index (χ2v) is 11.8. The monoisotopic (exact) mass is 505 g/mol. The number of hydrogen-bond acceptors (Lipinski definition) is 5. The molecule has 0 spiro atoms. The predicted molar refractivity (Wildman–Crippen MR) is 140 cm³/mol. The Balaban J connectivity index is 1.51. The van der Waals surface area contributed by atoms with Gasteiger partial charge in [-0.05, 0) is 67.6 Å². The van der Waals surface area contributed by atoms with Crippen molar-refractivity contribution in [2.75, 3.05) is 18.0 Å². The Hall–Kier alpha value is -3.07. The van der Waals surface area contributed by atoms with Crippen LogP contribution in [0.25, 0.3) is 10.2 Å². The number of rotatable bonds is 6. The molecule has 1 amide bonds. The summed E-state index contributed by atoms with van der Waals surface area (Å²) < 4.78 is 28.4. The molecule has 1 saturated heterocycles. The van der Waals surface area contributed by atoms with Crippen LogP contribution in [-0.2, 0) is 16.6 Å². The molecule has 1 aromatic heterocycles. The molecule has 6 nitrogen and oxygen atoms in total. The SMILES string of the molecule is Cc1ccc(C)c2sc(N(Cc3ccccc3)C(=O)c3ccc(S(=O)(=O)N4CCCC4)cc3)nc12. The number of nitrogens with zero attached hydrogens (tertiary/aromatic N) is 3. The van der Waals surface area contributed by atoms with Gasteiger partial charge in [-0.2, -0.15) is 4.31 Å². The van der Waals surface area contributed by atoms with Crippen molar-refractivity contribution in [1.29, 1.82) is 0 Å². The topological polar surface area (TPSA) is 70.6 Å². The molecule has 4 aromatic rings. The fourth-order valence-corrected chi connectivity index (χ4v) is 6.99. The van der Waals surface area contributed by atoms with E-state index in [0.29, 0.717) is 30.3 Å². The first kappa shape index (κ1) is 23.7. The van der Waals surface area contributed by atoms with Crippen molar-refractivity contribution in [2.24, 2.45) is 0 Å². The van der Waals surface area contributed by atoms with E-state index < -0.39 is 10.0 Å². The first-order valence-corrected chi connectivity index (χ1v) is 13.9. The smallest absolute Gasteiger partial charge is 0.260 e. The highest BCUT2D eigenvalue weighted by Crippen LogP contribution is 2.34. The summed E-state index contributed by atoms with van der Waals surface area (Å²) in [5.74, 6) is -0.215. The molecule has 2 heterocycles. The van der Waals surface area contributed by atoms with Gasteiger partial charge in [0.2, 0.25) is 10.0 Å². The Morgan fingerprint density at radius 3 is 2.26 bits per heavy atom. The fourth-order valence-electron chi connectivity index (χ4n) is 4.36. The molecule has 1 fully saturated rings. The highest BCUT2D eigenvalue weighted by Gasteiger charge is 2.28. The highest BCUT2D eigenvalue weighted by molar-refractivity contribution is 7.89. The summed E-state index contributed by atoms with van der Waals surface area (Å²) in [4.78, 5) is 20.5. The third kappa shape index (κ3) is 4.61. The summed E-state index contributed by atoms with van der Waals surface area (Å²) in [7, 11) is -3.53. The third-order valence-electron chi connectivity index (χ3n) is 6.39. The number of carbonyl (C=O) groups is 1. The Bertz CT molecular complexity index is 1430. The van der Waals surface area contributed by atoms with Crippen molar-refractivity contribution in [3.8, 4) is 0 Å². The summed E-state index contributed by atoms with van der Waals surface area (Å²) in [6, 6.07) is 20.2. The summed E-state index contributed by atoms with van der Waals surface area (Å²) in [6.07, 6.45) is 1.76. The summed E-state index contributed by atoms with van der Waals surface area (Å²) >= 11 is 1.50. The van der Waals surface area contributed by atoms with E-state index in [0.717, 1.165) is 39.7 Å². The average molecular weight is 506 g/mol. The minimum Gasteiger partial charge on any atom is -0.279 e. The molecule has 0 atom stereocenters. The lowest BCUT2D eigenvalue weighted by atomic mass is 10.1. The van der Waals surface area contributed by atoms with E-state index in [9.17, 15) is 13.2 Å². The number of carbonyl (C=O) groups excluding carboxylic acids is 1. The normalized spacial score (nSPS) is 14.5. The maximum absolute atomic E-state index is 13.7.